The summed E-state index contributed by atoms with van der Waals surface area (Å²) in [6.45, 7) is 12.6. The molecule has 0 atom stereocenters. The lowest BCUT2D eigenvalue weighted by molar-refractivity contribution is 0.569. The van der Waals surface area contributed by atoms with Gasteiger partial charge in [0.15, 0.2) is 0 Å². The minimum Gasteiger partial charge on any atom is -0.313 e. The van der Waals surface area contributed by atoms with E-state index in [1.165, 1.54) is 5.56 Å². The smallest absolute Gasteiger partial charge is 0.0738 e. The van der Waals surface area contributed by atoms with Gasteiger partial charge in [0.1, 0.15) is 0 Å². The maximum absolute atomic E-state index is 6.21. The molecule has 20 heavy (non-hydrogen) atoms. The number of nitrogens with one attached hydrogen (secondary N) is 1. The predicted molar refractivity (Wildman–Crippen MR) is 87.6 cm³/mol. The van der Waals surface area contributed by atoms with Crippen molar-refractivity contribution in [2.24, 2.45) is 0 Å². The van der Waals surface area contributed by atoms with Crippen LogP contribution in [0.1, 0.15) is 44.5 Å². The van der Waals surface area contributed by atoms with Gasteiger partial charge in [-0.1, -0.05) is 39.3 Å². The Kier molecular flexibility index (Phi) is 4.36. The van der Waals surface area contributed by atoms with E-state index in [2.05, 4.69) is 46.0 Å². The van der Waals surface area contributed by atoms with E-state index in [-0.39, 0.29) is 5.41 Å². The second-order valence-corrected chi connectivity index (χ2v) is 6.75. The molecule has 2 rings (SSSR count). The Morgan fingerprint density at radius 1 is 1.20 bits per heavy atom. The zero-order valence-corrected chi connectivity index (χ0v) is 13.7. The third-order valence-electron chi connectivity index (χ3n) is 3.49. The van der Waals surface area contributed by atoms with Crippen LogP contribution in [0.3, 0.4) is 0 Å². The molecule has 0 aliphatic carbocycles. The van der Waals surface area contributed by atoms with E-state index in [4.69, 9.17) is 16.6 Å². The normalized spacial score (nSPS) is 12.1. The van der Waals surface area contributed by atoms with E-state index >= 15 is 0 Å². The van der Waals surface area contributed by atoms with Crippen LogP contribution in [0.25, 0.3) is 10.9 Å². The molecule has 0 aliphatic heterocycles. The zero-order chi connectivity index (χ0) is 14.9. The van der Waals surface area contributed by atoms with E-state index < -0.39 is 0 Å². The maximum Gasteiger partial charge on any atom is 0.0738 e. The van der Waals surface area contributed by atoms with Crippen molar-refractivity contribution < 1.29 is 0 Å². The van der Waals surface area contributed by atoms with Gasteiger partial charge in [-0.25, -0.2) is 0 Å². The van der Waals surface area contributed by atoms with Crippen molar-refractivity contribution in [1.29, 1.82) is 0 Å². The first-order chi connectivity index (χ1) is 9.32. The van der Waals surface area contributed by atoms with Crippen LogP contribution < -0.4 is 5.32 Å². The molecule has 0 saturated heterocycles. The average Bonchev–Trinajstić information content (AvgIpc) is 2.34. The SMILES string of the molecule is CCNCc1cc(C(C)(C)C)nc2c(C)cc(Cl)cc12. The molecule has 3 heteroatoms. The number of hydrogen-bond donors (Lipinski definition) is 1. The quantitative estimate of drug-likeness (QED) is 0.893. The van der Waals surface area contributed by atoms with E-state index in [9.17, 15) is 0 Å². The van der Waals surface area contributed by atoms with Gasteiger partial charge in [0.05, 0.1) is 5.52 Å². The highest BCUT2D eigenvalue weighted by Crippen LogP contribution is 2.30. The van der Waals surface area contributed by atoms with Crippen LogP contribution in [0.2, 0.25) is 5.02 Å². The fraction of sp³-hybridized carbons (Fsp3) is 0.471. The molecule has 0 saturated carbocycles. The topological polar surface area (TPSA) is 24.9 Å². The van der Waals surface area contributed by atoms with Crippen molar-refractivity contribution in [2.45, 2.75) is 46.6 Å². The average molecular weight is 291 g/mol. The molecule has 0 spiro atoms. The molecule has 1 aromatic carbocycles. The lowest BCUT2D eigenvalue weighted by atomic mass is 9.89. The number of pyridine rings is 1. The molecule has 1 aromatic heterocycles. The zero-order valence-electron chi connectivity index (χ0n) is 13.0. The lowest BCUT2D eigenvalue weighted by Crippen LogP contribution is -2.17. The Balaban J connectivity index is 2.71. The molecule has 1 heterocycles. The van der Waals surface area contributed by atoms with Crippen molar-refractivity contribution in [2.75, 3.05) is 6.54 Å². The number of halogens is 1. The van der Waals surface area contributed by atoms with Gasteiger partial charge >= 0.3 is 0 Å². The number of fused-ring (bicyclic) bond motifs is 1. The molecule has 1 N–H and O–H groups in total. The van der Waals surface area contributed by atoms with Crippen molar-refractivity contribution in [3.8, 4) is 0 Å². The van der Waals surface area contributed by atoms with Crippen LogP contribution in [-0.2, 0) is 12.0 Å². The summed E-state index contributed by atoms with van der Waals surface area (Å²) in [5, 5.41) is 5.34. The van der Waals surface area contributed by atoms with Gasteiger partial charge in [-0.05, 0) is 42.8 Å². The molecule has 0 unspecified atom stereocenters. The van der Waals surface area contributed by atoms with Crippen LogP contribution in [0.15, 0.2) is 18.2 Å². The second-order valence-electron chi connectivity index (χ2n) is 6.32. The number of nitrogens with zero attached hydrogens (tertiary/aromatic N) is 1. The summed E-state index contributed by atoms with van der Waals surface area (Å²) in [6, 6.07) is 6.22. The van der Waals surface area contributed by atoms with E-state index in [1.807, 2.05) is 12.1 Å². The molecule has 0 radical (unpaired) electrons. The summed E-state index contributed by atoms with van der Waals surface area (Å²) in [6.07, 6.45) is 0. The van der Waals surface area contributed by atoms with Crippen LogP contribution in [0, 0.1) is 6.92 Å². The fourth-order valence-electron chi connectivity index (χ4n) is 2.31. The Labute approximate surface area is 126 Å². The molecular weight excluding hydrogens is 268 g/mol. The Hall–Kier alpha value is -1.12. The highest BCUT2D eigenvalue weighted by Gasteiger charge is 2.18. The third kappa shape index (κ3) is 3.13. The first-order valence-corrected chi connectivity index (χ1v) is 7.51. The summed E-state index contributed by atoms with van der Waals surface area (Å²) < 4.78 is 0. The molecule has 2 nitrogen and oxygen atoms in total. The van der Waals surface area contributed by atoms with Crippen LogP contribution in [0.4, 0.5) is 0 Å². The molecule has 108 valence electrons. The van der Waals surface area contributed by atoms with Gasteiger partial charge in [0.2, 0.25) is 0 Å². The number of aromatic nitrogens is 1. The van der Waals surface area contributed by atoms with E-state index in [0.717, 1.165) is 40.3 Å². The molecule has 0 aliphatic rings. The molecule has 0 amide bonds. The van der Waals surface area contributed by atoms with Crippen molar-refractivity contribution in [3.63, 3.8) is 0 Å². The van der Waals surface area contributed by atoms with Crippen molar-refractivity contribution in [3.05, 3.63) is 40.0 Å². The van der Waals surface area contributed by atoms with Crippen LogP contribution >= 0.6 is 11.6 Å². The third-order valence-corrected chi connectivity index (χ3v) is 3.71. The first-order valence-electron chi connectivity index (χ1n) is 7.14. The highest BCUT2D eigenvalue weighted by molar-refractivity contribution is 6.31. The minimum atomic E-state index is 0.0429. The van der Waals surface area contributed by atoms with Gasteiger partial charge in [0.25, 0.3) is 0 Å². The standard InChI is InChI=1S/C17H23ClN2/c1-6-19-10-12-8-15(17(3,4)5)20-16-11(2)7-13(18)9-14(12)16/h7-9,19H,6,10H2,1-5H3. The highest BCUT2D eigenvalue weighted by atomic mass is 35.5. The molecular formula is C17H23ClN2. The molecule has 0 fully saturated rings. The van der Waals surface area contributed by atoms with Crippen molar-refractivity contribution in [1.82, 2.24) is 10.3 Å². The minimum absolute atomic E-state index is 0.0429. The summed E-state index contributed by atoms with van der Waals surface area (Å²) in [5.41, 5.74) is 4.64. The summed E-state index contributed by atoms with van der Waals surface area (Å²) >= 11 is 6.21. The number of aryl methyl sites for hydroxylation is 1. The van der Waals surface area contributed by atoms with Crippen molar-refractivity contribution >= 4 is 22.5 Å². The van der Waals surface area contributed by atoms with E-state index in [0.29, 0.717) is 0 Å². The monoisotopic (exact) mass is 290 g/mol. The second kappa shape index (κ2) is 5.71. The van der Waals surface area contributed by atoms with E-state index in [1.54, 1.807) is 0 Å². The van der Waals surface area contributed by atoms with Gasteiger partial charge < -0.3 is 5.32 Å². The first kappa shape index (κ1) is 15.3. The van der Waals surface area contributed by atoms with Gasteiger partial charge in [0, 0.05) is 28.1 Å². The summed E-state index contributed by atoms with van der Waals surface area (Å²) in [7, 11) is 0. The largest absolute Gasteiger partial charge is 0.313 e. The van der Waals surface area contributed by atoms with Crippen LogP contribution in [0.5, 0.6) is 0 Å². The van der Waals surface area contributed by atoms with Gasteiger partial charge in [-0.3, -0.25) is 4.98 Å². The number of hydrogen-bond acceptors (Lipinski definition) is 2. The number of rotatable bonds is 3. The van der Waals surface area contributed by atoms with Gasteiger partial charge in [-0.2, -0.15) is 0 Å². The fourth-order valence-corrected chi connectivity index (χ4v) is 2.59. The van der Waals surface area contributed by atoms with Crippen LogP contribution in [-0.4, -0.2) is 11.5 Å². The lowest BCUT2D eigenvalue weighted by Gasteiger charge is -2.21. The summed E-state index contributed by atoms with van der Waals surface area (Å²) in [5.74, 6) is 0. The Morgan fingerprint density at radius 2 is 1.90 bits per heavy atom. The molecule has 2 aromatic rings. The Morgan fingerprint density at radius 3 is 2.50 bits per heavy atom. The van der Waals surface area contributed by atoms with Gasteiger partial charge in [-0.15, -0.1) is 0 Å². The predicted octanol–water partition coefficient (Wildman–Crippen LogP) is 4.60. The maximum atomic E-state index is 6.21. The molecule has 0 bridgehead atoms. The number of benzene rings is 1. The Bertz CT molecular complexity index is 627. The summed E-state index contributed by atoms with van der Waals surface area (Å²) in [4.78, 5) is 4.87.